The van der Waals surface area contributed by atoms with Crippen molar-refractivity contribution in [1.82, 2.24) is 9.80 Å². The molecule has 0 atom stereocenters. The lowest BCUT2D eigenvalue weighted by Gasteiger charge is -2.26. The highest BCUT2D eigenvalue weighted by Crippen LogP contribution is 2.30. The molecule has 0 unspecified atom stereocenters. The Morgan fingerprint density at radius 3 is 1.62 bits per heavy atom. The second kappa shape index (κ2) is 9.82. The van der Waals surface area contributed by atoms with Crippen molar-refractivity contribution >= 4 is 12.2 Å². The van der Waals surface area contributed by atoms with Gasteiger partial charge in [0, 0.05) is 24.2 Å². The van der Waals surface area contributed by atoms with Gasteiger partial charge >= 0.3 is 12.2 Å². The highest BCUT2D eigenvalue weighted by Gasteiger charge is 2.24. The van der Waals surface area contributed by atoms with E-state index in [-0.39, 0.29) is 13.2 Å². The van der Waals surface area contributed by atoms with Gasteiger partial charge in [-0.2, -0.15) is 0 Å². The van der Waals surface area contributed by atoms with E-state index in [1.807, 2.05) is 48.5 Å². The third-order valence-corrected chi connectivity index (χ3v) is 4.58. The van der Waals surface area contributed by atoms with Crippen molar-refractivity contribution in [3.63, 3.8) is 0 Å². The molecule has 0 bridgehead atoms. The van der Waals surface area contributed by atoms with Crippen LogP contribution in [0.4, 0.5) is 9.59 Å². The Morgan fingerprint density at radius 1 is 0.793 bits per heavy atom. The van der Waals surface area contributed by atoms with Gasteiger partial charge in [-0.25, -0.2) is 9.59 Å². The third-order valence-electron chi connectivity index (χ3n) is 4.58. The Bertz CT molecular complexity index is 785. The number of rotatable bonds is 2. The minimum absolute atomic E-state index is 0.278. The highest BCUT2D eigenvalue weighted by molar-refractivity contribution is 5.69. The van der Waals surface area contributed by atoms with Crippen molar-refractivity contribution in [3.05, 3.63) is 59.7 Å². The van der Waals surface area contributed by atoms with Crippen LogP contribution in [-0.4, -0.2) is 48.3 Å². The Kier molecular flexibility index (Phi) is 6.94. The first kappa shape index (κ1) is 20.5. The van der Waals surface area contributed by atoms with Gasteiger partial charge in [0.05, 0.1) is 26.3 Å². The van der Waals surface area contributed by atoms with Crippen LogP contribution in [0.1, 0.15) is 25.0 Å². The van der Waals surface area contributed by atoms with E-state index in [9.17, 15) is 9.59 Å². The summed E-state index contributed by atoms with van der Waals surface area (Å²) in [5.41, 5.74) is 1.72. The number of para-hydroxylation sites is 2. The Balaban J connectivity index is 1.99. The molecule has 1 heterocycles. The van der Waals surface area contributed by atoms with E-state index in [2.05, 4.69) is 0 Å². The van der Waals surface area contributed by atoms with E-state index in [0.29, 0.717) is 37.7 Å². The zero-order valence-corrected chi connectivity index (χ0v) is 16.8. The molecule has 0 aromatic heterocycles. The van der Waals surface area contributed by atoms with Crippen molar-refractivity contribution in [3.8, 4) is 11.5 Å². The fourth-order valence-corrected chi connectivity index (χ4v) is 3.14. The summed E-state index contributed by atoms with van der Waals surface area (Å²) >= 11 is 0. The molecule has 0 spiro atoms. The van der Waals surface area contributed by atoms with Gasteiger partial charge < -0.3 is 24.0 Å². The largest absolute Gasteiger partial charge is 0.457 e. The quantitative estimate of drug-likeness (QED) is 0.750. The average Bonchev–Trinajstić information content (AvgIpc) is 2.75. The zero-order valence-electron chi connectivity index (χ0n) is 16.8. The summed E-state index contributed by atoms with van der Waals surface area (Å²) in [5.74, 6) is 1.33. The van der Waals surface area contributed by atoms with Gasteiger partial charge in [0.25, 0.3) is 0 Å². The summed E-state index contributed by atoms with van der Waals surface area (Å²) < 4.78 is 16.6. The molecule has 3 rings (SSSR count). The lowest BCUT2D eigenvalue weighted by Crippen LogP contribution is -2.41. The summed E-state index contributed by atoms with van der Waals surface area (Å²) in [6.45, 7) is 5.34. The smallest absolute Gasteiger partial charge is 0.410 e. The van der Waals surface area contributed by atoms with E-state index >= 15 is 0 Å². The SMILES string of the molecule is CCOC(=O)N1CCN(C(=O)OCC)Cc2ccccc2Oc2ccccc2C1. The van der Waals surface area contributed by atoms with Crippen LogP contribution in [-0.2, 0) is 22.6 Å². The molecule has 2 amide bonds. The van der Waals surface area contributed by atoms with Gasteiger partial charge in [0.1, 0.15) is 11.5 Å². The first-order valence-electron chi connectivity index (χ1n) is 9.79. The van der Waals surface area contributed by atoms with Gasteiger partial charge in [0.15, 0.2) is 0 Å². The fourth-order valence-electron chi connectivity index (χ4n) is 3.14. The number of benzene rings is 2. The standard InChI is InChI=1S/C22H26N2O5/c1-3-27-21(25)23-13-14-24(22(26)28-4-2)16-18-10-6-8-12-20(18)29-19-11-7-5-9-17(19)15-23/h5-12H,3-4,13-16H2,1-2H3. The number of carbonyl (C=O) groups is 2. The molecule has 0 aliphatic carbocycles. The summed E-state index contributed by atoms with van der Waals surface area (Å²) in [4.78, 5) is 28.2. The molecule has 1 aliphatic rings. The van der Waals surface area contributed by atoms with Crippen LogP contribution in [0, 0.1) is 0 Å². The summed E-state index contributed by atoms with van der Waals surface area (Å²) in [7, 11) is 0. The van der Waals surface area contributed by atoms with E-state index < -0.39 is 12.2 Å². The highest BCUT2D eigenvalue weighted by atomic mass is 16.6. The van der Waals surface area contributed by atoms with Crippen LogP contribution in [0.3, 0.4) is 0 Å². The lowest BCUT2D eigenvalue weighted by molar-refractivity contribution is 0.0849. The van der Waals surface area contributed by atoms with E-state index in [1.54, 1.807) is 23.6 Å². The molecule has 0 radical (unpaired) electrons. The minimum Gasteiger partial charge on any atom is -0.457 e. The minimum atomic E-state index is -0.428. The van der Waals surface area contributed by atoms with E-state index in [1.165, 1.54) is 0 Å². The average molecular weight is 398 g/mol. The molecule has 0 N–H and O–H groups in total. The van der Waals surface area contributed by atoms with Crippen LogP contribution in [0.25, 0.3) is 0 Å². The fraction of sp³-hybridized carbons (Fsp3) is 0.364. The summed E-state index contributed by atoms with van der Waals surface area (Å²) in [6.07, 6.45) is -0.856. The van der Waals surface area contributed by atoms with Crippen LogP contribution in [0.15, 0.2) is 48.5 Å². The first-order valence-corrected chi connectivity index (χ1v) is 9.79. The van der Waals surface area contributed by atoms with E-state index in [4.69, 9.17) is 14.2 Å². The normalized spacial score (nSPS) is 14.0. The Morgan fingerprint density at radius 2 is 1.21 bits per heavy atom. The molecule has 2 aromatic rings. The second-order valence-corrected chi connectivity index (χ2v) is 6.56. The number of nitrogens with zero attached hydrogens (tertiary/aromatic N) is 2. The molecule has 7 nitrogen and oxygen atoms in total. The van der Waals surface area contributed by atoms with Crippen molar-refractivity contribution in [1.29, 1.82) is 0 Å². The van der Waals surface area contributed by atoms with Gasteiger partial charge in [-0.1, -0.05) is 36.4 Å². The van der Waals surface area contributed by atoms with Gasteiger partial charge in [-0.3, -0.25) is 0 Å². The number of hydrogen-bond donors (Lipinski definition) is 0. The summed E-state index contributed by atoms with van der Waals surface area (Å²) in [6, 6.07) is 15.2. The topological polar surface area (TPSA) is 68.3 Å². The molecule has 0 saturated carbocycles. The van der Waals surface area contributed by atoms with Crippen LogP contribution >= 0.6 is 0 Å². The molecular weight excluding hydrogens is 372 g/mol. The molecule has 0 saturated heterocycles. The van der Waals surface area contributed by atoms with Crippen LogP contribution in [0.2, 0.25) is 0 Å². The zero-order chi connectivity index (χ0) is 20.6. The van der Waals surface area contributed by atoms with Crippen LogP contribution < -0.4 is 4.74 Å². The third kappa shape index (κ3) is 5.19. The predicted octanol–water partition coefficient (Wildman–Crippen LogP) is 4.41. The van der Waals surface area contributed by atoms with Crippen molar-refractivity contribution in [2.75, 3.05) is 26.3 Å². The molecule has 0 fully saturated rings. The number of amides is 2. The number of hydrogen-bond acceptors (Lipinski definition) is 5. The maximum absolute atomic E-state index is 12.5. The van der Waals surface area contributed by atoms with E-state index in [0.717, 1.165) is 11.1 Å². The maximum Gasteiger partial charge on any atom is 0.410 e. The number of fused-ring (bicyclic) bond motifs is 2. The first-order chi connectivity index (χ1) is 14.1. The molecule has 154 valence electrons. The molecular formula is C22H26N2O5. The van der Waals surface area contributed by atoms with Gasteiger partial charge in [0.2, 0.25) is 0 Å². The van der Waals surface area contributed by atoms with Gasteiger partial charge in [-0.15, -0.1) is 0 Å². The second-order valence-electron chi connectivity index (χ2n) is 6.56. The Hall–Kier alpha value is -3.22. The molecule has 29 heavy (non-hydrogen) atoms. The molecule has 7 heteroatoms. The lowest BCUT2D eigenvalue weighted by atomic mass is 10.1. The predicted molar refractivity (Wildman–Crippen MR) is 108 cm³/mol. The molecule has 2 aromatic carbocycles. The summed E-state index contributed by atoms with van der Waals surface area (Å²) in [5, 5.41) is 0. The monoisotopic (exact) mass is 398 g/mol. The Labute approximate surface area is 170 Å². The number of ether oxygens (including phenoxy) is 3. The van der Waals surface area contributed by atoms with Crippen LogP contribution in [0.5, 0.6) is 11.5 Å². The van der Waals surface area contributed by atoms with Crippen molar-refractivity contribution in [2.24, 2.45) is 0 Å². The van der Waals surface area contributed by atoms with Crippen molar-refractivity contribution in [2.45, 2.75) is 26.9 Å². The molecule has 1 aliphatic heterocycles. The van der Waals surface area contributed by atoms with Gasteiger partial charge in [-0.05, 0) is 26.0 Å². The van der Waals surface area contributed by atoms with Crippen molar-refractivity contribution < 1.29 is 23.8 Å². The number of carbonyl (C=O) groups excluding carboxylic acids is 2. The maximum atomic E-state index is 12.5.